The predicted octanol–water partition coefficient (Wildman–Crippen LogP) is 7.71. The number of ether oxygens (including phenoxy) is 2. The number of carbonyl (C=O) groups is 4. The highest BCUT2D eigenvalue weighted by atomic mass is 16.6. The van der Waals surface area contributed by atoms with Crippen LogP contribution in [0.2, 0.25) is 0 Å². The summed E-state index contributed by atoms with van der Waals surface area (Å²) in [6.45, 7) is 8.18. The third-order valence-corrected chi connectivity index (χ3v) is 9.33. The van der Waals surface area contributed by atoms with Gasteiger partial charge in [-0.2, -0.15) is 5.11 Å². The highest BCUT2D eigenvalue weighted by Gasteiger charge is 2.31. The molecule has 0 spiro atoms. The summed E-state index contributed by atoms with van der Waals surface area (Å²) < 4.78 is 10.3. The van der Waals surface area contributed by atoms with Crippen LogP contribution in [0.3, 0.4) is 0 Å². The Morgan fingerprint density at radius 1 is 0.882 bits per heavy atom. The van der Waals surface area contributed by atoms with Crippen molar-refractivity contribution in [3.63, 3.8) is 0 Å². The minimum Gasteiger partial charge on any atom is -0.465 e. The molecule has 0 saturated heterocycles. The number of amidine groups is 1. The Balaban J connectivity index is 1.25. The van der Waals surface area contributed by atoms with Crippen molar-refractivity contribution in [1.29, 1.82) is 0 Å². The van der Waals surface area contributed by atoms with Crippen LogP contribution in [0, 0.1) is 24.7 Å². The number of nitrogens with one attached hydrogen (secondary N) is 2. The van der Waals surface area contributed by atoms with Crippen molar-refractivity contribution in [2.75, 3.05) is 25.6 Å². The first-order valence-corrected chi connectivity index (χ1v) is 17.5. The molecular formula is C40H47N5O6. The van der Waals surface area contributed by atoms with Gasteiger partial charge in [-0.05, 0) is 118 Å². The molecule has 1 fully saturated rings. The van der Waals surface area contributed by atoms with E-state index in [2.05, 4.69) is 25.9 Å². The van der Waals surface area contributed by atoms with Gasteiger partial charge in [0.05, 0.1) is 12.7 Å². The molecule has 0 aromatic heterocycles. The zero-order valence-corrected chi connectivity index (χ0v) is 30.0. The number of methoxy groups -OCH3 is 1. The molecule has 2 N–H and O–H groups in total. The Hall–Kier alpha value is -5.19. The van der Waals surface area contributed by atoms with Crippen LogP contribution in [0.4, 0.5) is 10.5 Å². The number of anilines is 1. The van der Waals surface area contributed by atoms with Gasteiger partial charge in [-0.3, -0.25) is 9.59 Å². The maximum absolute atomic E-state index is 13.8. The average Bonchev–Trinajstić information content (AvgIpc) is 3.66. The lowest BCUT2D eigenvalue weighted by Gasteiger charge is -2.29. The second-order valence-corrected chi connectivity index (χ2v) is 14.3. The molecule has 0 radical (unpaired) electrons. The van der Waals surface area contributed by atoms with Gasteiger partial charge in [0.15, 0.2) is 12.5 Å². The van der Waals surface area contributed by atoms with Gasteiger partial charge in [0.1, 0.15) is 11.4 Å². The van der Waals surface area contributed by atoms with E-state index in [-0.39, 0.29) is 35.9 Å². The number of azo groups is 1. The molecule has 2 amide bonds. The van der Waals surface area contributed by atoms with Crippen molar-refractivity contribution in [2.24, 2.45) is 33.0 Å². The lowest BCUT2D eigenvalue weighted by molar-refractivity contribution is -0.129. The van der Waals surface area contributed by atoms with Crippen molar-refractivity contribution in [2.45, 2.75) is 71.8 Å². The first-order chi connectivity index (χ1) is 24.4. The fraction of sp³-hybridized carbons (Fsp3) is 0.425. The van der Waals surface area contributed by atoms with Crippen molar-refractivity contribution in [3.8, 4) is 11.1 Å². The number of benzene rings is 3. The van der Waals surface area contributed by atoms with Crippen molar-refractivity contribution < 1.29 is 28.7 Å². The summed E-state index contributed by atoms with van der Waals surface area (Å²) in [7, 11) is 1.37. The number of nitrogens with zero attached hydrogens (tertiary/aromatic N) is 3. The number of rotatable bonds is 12. The molecule has 1 heterocycles. The van der Waals surface area contributed by atoms with Crippen LogP contribution in [0.1, 0.15) is 79.9 Å². The predicted molar refractivity (Wildman–Crippen MR) is 196 cm³/mol. The number of hydrogen-bond acceptors (Lipinski definition) is 9. The summed E-state index contributed by atoms with van der Waals surface area (Å²) in [5.41, 5.74) is 4.93. The molecule has 11 nitrogen and oxygen atoms in total. The molecule has 268 valence electrons. The standard InChI is InChI=1S/C40H47N5O6/c1-25-6-11-31(21-34(25)38(48)50-5)28-12-7-26(8-13-28)20-32(37(47)44-33-18-16-30(17-19-33)36-42-24-43-45-36)22-35(46)29-14-9-27(10-15-29)23-41-39(49)51-40(2,3)4/h6-8,11-13,16-19,21,27,29,32H,9-10,14-15,20,22-24H2,1-5H3,(H,41,49)(H,44,47)/t27?,29?,32-/m1/s1. The number of aryl methyl sites for hydroxylation is 1. The molecule has 0 unspecified atom stereocenters. The SMILES string of the molecule is COC(=O)c1cc(-c2ccc(C[C@H](CC(=O)C3CCC(CNC(=O)OC(C)(C)C)CC3)C(=O)Nc3ccc(C4=NCN=N4)cc3)cc2)ccc1C. The van der Waals surface area contributed by atoms with Crippen LogP contribution >= 0.6 is 0 Å². The van der Waals surface area contributed by atoms with Crippen molar-refractivity contribution in [1.82, 2.24) is 5.32 Å². The summed E-state index contributed by atoms with van der Waals surface area (Å²) in [5.74, 6) is -0.421. The Kier molecular flexibility index (Phi) is 12.1. The maximum Gasteiger partial charge on any atom is 0.407 e. The minimum atomic E-state index is -0.590. The van der Waals surface area contributed by atoms with Crippen LogP contribution in [0.5, 0.6) is 0 Å². The maximum atomic E-state index is 13.8. The number of amides is 2. The lowest BCUT2D eigenvalue weighted by Crippen LogP contribution is -2.37. The van der Waals surface area contributed by atoms with E-state index in [9.17, 15) is 19.2 Å². The van der Waals surface area contributed by atoms with E-state index in [1.165, 1.54) is 7.11 Å². The zero-order chi connectivity index (χ0) is 36.5. The monoisotopic (exact) mass is 693 g/mol. The van der Waals surface area contributed by atoms with Crippen molar-refractivity contribution >= 4 is 35.3 Å². The molecule has 1 saturated carbocycles. The summed E-state index contributed by atoms with van der Waals surface area (Å²) in [6.07, 6.45) is 3.14. The quantitative estimate of drug-likeness (QED) is 0.186. The fourth-order valence-electron chi connectivity index (χ4n) is 6.47. The van der Waals surface area contributed by atoms with Gasteiger partial charge >= 0.3 is 12.1 Å². The molecule has 51 heavy (non-hydrogen) atoms. The molecular weight excluding hydrogens is 646 g/mol. The topological polar surface area (TPSA) is 148 Å². The highest BCUT2D eigenvalue weighted by molar-refractivity contribution is 6.01. The third-order valence-electron chi connectivity index (χ3n) is 9.33. The van der Waals surface area contributed by atoms with Crippen LogP contribution in [0.25, 0.3) is 11.1 Å². The summed E-state index contributed by atoms with van der Waals surface area (Å²) in [5, 5.41) is 13.8. The molecule has 11 heteroatoms. The van der Waals surface area contributed by atoms with E-state index in [4.69, 9.17) is 9.47 Å². The molecule has 1 aliphatic heterocycles. The van der Waals surface area contributed by atoms with Crippen LogP contribution in [0.15, 0.2) is 82.0 Å². The Bertz CT molecular complexity index is 1790. The smallest absolute Gasteiger partial charge is 0.407 e. The van der Waals surface area contributed by atoms with Crippen LogP contribution in [-0.2, 0) is 25.5 Å². The number of carbonyl (C=O) groups excluding carboxylic acids is 4. The highest BCUT2D eigenvalue weighted by Crippen LogP contribution is 2.32. The van der Waals surface area contributed by atoms with E-state index in [1.807, 2.05) is 82.3 Å². The van der Waals surface area contributed by atoms with Gasteiger partial charge < -0.3 is 20.1 Å². The first kappa shape index (κ1) is 37.1. The largest absolute Gasteiger partial charge is 0.465 e. The second-order valence-electron chi connectivity index (χ2n) is 14.3. The van der Waals surface area contributed by atoms with Crippen molar-refractivity contribution in [3.05, 3.63) is 89.0 Å². The summed E-state index contributed by atoms with van der Waals surface area (Å²) in [6, 6.07) is 20.8. The number of aliphatic imine (C=N–C) groups is 1. The molecule has 0 bridgehead atoms. The molecule has 1 atom stereocenters. The Morgan fingerprint density at radius 3 is 2.18 bits per heavy atom. The molecule has 2 aliphatic rings. The molecule has 3 aromatic carbocycles. The van der Waals surface area contributed by atoms with E-state index >= 15 is 0 Å². The zero-order valence-electron chi connectivity index (χ0n) is 30.0. The minimum absolute atomic E-state index is 0.0836. The van der Waals surface area contributed by atoms with E-state index < -0.39 is 17.6 Å². The molecule has 1 aliphatic carbocycles. The van der Waals surface area contributed by atoms with Crippen LogP contribution in [-0.4, -0.2) is 55.5 Å². The van der Waals surface area contributed by atoms with E-state index in [0.29, 0.717) is 36.7 Å². The number of Topliss-reactive ketones (excluding diaryl/α,β-unsaturated/α-hetero) is 1. The fourth-order valence-corrected chi connectivity index (χ4v) is 6.47. The van der Waals surface area contributed by atoms with E-state index in [0.717, 1.165) is 53.5 Å². The Labute approximate surface area is 299 Å². The van der Waals surface area contributed by atoms with E-state index in [1.54, 1.807) is 12.1 Å². The number of alkyl carbamates (subject to hydrolysis) is 1. The Morgan fingerprint density at radius 2 is 1.55 bits per heavy atom. The third kappa shape index (κ3) is 10.4. The van der Waals surface area contributed by atoms with Crippen LogP contribution < -0.4 is 10.6 Å². The van der Waals surface area contributed by atoms with Gasteiger partial charge in [-0.25, -0.2) is 14.6 Å². The second kappa shape index (κ2) is 16.7. The van der Waals surface area contributed by atoms with Gasteiger partial charge in [0.25, 0.3) is 0 Å². The number of hydrogen-bond donors (Lipinski definition) is 2. The summed E-state index contributed by atoms with van der Waals surface area (Å²) >= 11 is 0. The normalized spacial score (nSPS) is 17.6. The van der Waals surface area contributed by atoms with Gasteiger partial charge in [0, 0.05) is 36.1 Å². The summed E-state index contributed by atoms with van der Waals surface area (Å²) in [4.78, 5) is 56.1. The van der Waals surface area contributed by atoms with Gasteiger partial charge in [-0.1, -0.05) is 36.4 Å². The van der Waals surface area contributed by atoms with Gasteiger partial charge in [-0.15, -0.1) is 5.11 Å². The molecule has 3 aromatic rings. The average molecular weight is 694 g/mol. The van der Waals surface area contributed by atoms with Gasteiger partial charge in [0.2, 0.25) is 5.91 Å². The number of esters is 1. The number of ketones is 1. The first-order valence-electron chi connectivity index (χ1n) is 17.5. The lowest BCUT2D eigenvalue weighted by atomic mass is 9.77. The molecule has 5 rings (SSSR count).